The van der Waals surface area contributed by atoms with Gasteiger partial charge in [-0.1, -0.05) is 11.6 Å². The molecule has 1 heterocycles. The van der Waals surface area contributed by atoms with E-state index in [0.29, 0.717) is 37.4 Å². The summed E-state index contributed by atoms with van der Waals surface area (Å²) in [6.45, 7) is 2.20. The summed E-state index contributed by atoms with van der Waals surface area (Å²) in [6, 6.07) is 4.04. The Labute approximate surface area is 234 Å². The monoisotopic (exact) mass is 571 g/mol. The highest BCUT2D eigenvalue weighted by Gasteiger charge is 2.28. The predicted molar refractivity (Wildman–Crippen MR) is 145 cm³/mol. The molecule has 0 bridgehead atoms. The summed E-state index contributed by atoms with van der Waals surface area (Å²) in [5, 5.41) is 14.5. The van der Waals surface area contributed by atoms with Crippen molar-refractivity contribution in [2.24, 2.45) is 11.0 Å². The highest BCUT2D eigenvalue weighted by molar-refractivity contribution is 6.34. The number of azide groups is 1. The smallest absolute Gasteiger partial charge is 0.257 e. The molecule has 0 aliphatic heterocycles. The molecule has 1 saturated carbocycles. The molecular formula is C27H28ClF2N7O3. The van der Waals surface area contributed by atoms with Gasteiger partial charge in [-0.3, -0.25) is 19.4 Å². The van der Waals surface area contributed by atoms with Gasteiger partial charge in [0, 0.05) is 47.6 Å². The third kappa shape index (κ3) is 7.71. The molecule has 1 aromatic heterocycles. The summed E-state index contributed by atoms with van der Waals surface area (Å²) < 4.78 is 27.9. The fourth-order valence-corrected chi connectivity index (χ4v) is 4.95. The van der Waals surface area contributed by atoms with E-state index in [1.165, 1.54) is 12.3 Å². The van der Waals surface area contributed by atoms with Crippen molar-refractivity contribution in [1.29, 1.82) is 5.41 Å². The maximum atomic E-state index is 13.9. The van der Waals surface area contributed by atoms with Gasteiger partial charge in [-0.15, -0.1) is 0 Å². The van der Waals surface area contributed by atoms with Crippen LogP contribution in [0.5, 0.6) is 0 Å². The minimum atomic E-state index is -0.864. The van der Waals surface area contributed by atoms with Crippen LogP contribution in [0.15, 0.2) is 46.8 Å². The fraction of sp³-hybridized carbons (Fsp3) is 0.370. The molecule has 0 saturated heterocycles. The Kier molecular flexibility index (Phi) is 10.5. The van der Waals surface area contributed by atoms with E-state index in [4.69, 9.17) is 22.5 Å². The Bertz CT molecular complexity index is 1380. The van der Waals surface area contributed by atoms with Crippen LogP contribution < -0.4 is 5.32 Å². The van der Waals surface area contributed by atoms with Crippen LogP contribution in [0, 0.1) is 23.0 Å². The molecular weight excluding hydrogens is 544 g/mol. The second-order valence-electron chi connectivity index (χ2n) is 9.53. The molecule has 40 heavy (non-hydrogen) atoms. The van der Waals surface area contributed by atoms with Crippen molar-refractivity contribution >= 4 is 41.1 Å². The Morgan fingerprint density at radius 1 is 1.20 bits per heavy atom. The standard InChI is InChI=1S/C27H28ClF2N7O3/c1-15(34-21-5-3-18(4-6-21)16(2)38)22(12-31)27(40)37(13-17-9-19(29)11-20(30)10-17)14-24(39)25-23(28)7-8-33-26(25)35-36-32/h7-12,18,21,31,34H,3-6,13-14H2,1-2H3/b22-15+,31-12?/t18-,21-. The molecule has 3 rings (SSSR count). The zero-order valence-electron chi connectivity index (χ0n) is 22.0. The molecule has 210 valence electrons. The number of Topliss-reactive ketones (excluding diaryl/α,β-unsaturated/α-hetero) is 2. The molecule has 1 amide bonds. The lowest BCUT2D eigenvalue weighted by Gasteiger charge is -2.30. The summed E-state index contributed by atoms with van der Waals surface area (Å²) in [6.07, 6.45) is 4.91. The van der Waals surface area contributed by atoms with E-state index in [2.05, 4.69) is 20.3 Å². The molecule has 0 radical (unpaired) electrons. The van der Waals surface area contributed by atoms with E-state index in [9.17, 15) is 23.2 Å². The van der Waals surface area contributed by atoms with Crippen molar-refractivity contribution in [1.82, 2.24) is 15.2 Å². The normalized spacial score (nSPS) is 17.2. The number of rotatable bonds is 11. The first-order valence-electron chi connectivity index (χ1n) is 12.5. The van der Waals surface area contributed by atoms with Gasteiger partial charge in [-0.2, -0.15) is 0 Å². The van der Waals surface area contributed by atoms with Crippen LogP contribution in [0.3, 0.4) is 0 Å². The van der Waals surface area contributed by atoms with Crippen LogP contribution >= 0.6 is 11.6 Å². The lowest BCUT2D eigenvalue weighted by atomic mass is 9.84. The predicted octanol–water partition coefficient (Wildman–Crippen LogP) is 5.83. The number of benzene rings is 1. The van der Waals surface area contributed by atoms with Gasteiger partial charge in [0.2, 0.25) is 0 Å². The van der Waals surface area contributed by atoms with E-state index >= 15 is 0 Å². The topological polar surface area (TPSA) is 152 Å². The van der Waals surface area contributed by atoms with Gasteiger partial charge in [0.05, 0.1) is 22.7 Å². The molecule has 2 aromatic rings. The van der Waals surface area contributed by atoms with Crippen molar-refractivity contribution in [3.8, 4) is 0 Å². The Morgan fingerprint density at radius 2 is 1.85 bits per heavy atom. The molecule has 0 unspecified atom stereocenters. The van der Waals surface area contributed by atoms with E-state index in [-0.39, 0.29) is 51.8 Å². The van der Waals surface area contributed by atoms with Crippen LogP contribution in [0.1, 0.15) is 55.5 Å². The number of carbonyl (C=O) groups excluding carboxylic acids is 3. The van der Waals surface area contributed by atoms with E-state index < -0.39 is 29.9 Å². The molecule has 1 aliphatic rings. The minimum Gasteiger partial charge on any atom is -0.385 e. The fourth-order valence-electron chi connectivity index (χ4n) is 4.71. The number of pyridine rings is 1. The lowest BCUT2D eigenvalue weighted by molar-refractivity contribution is -0.126. The number of hydrogen-bond acceptors (Lipinski definition) is 7. The average molecular weight is 572 g/mol. The van der Waals surface area contributed by atoms with Crippen molar-refractivity contribution in [3.05, 3.63) is 80.0 Å². The van der Waals surface area contributed by atoms with E-state index in [1.807, 2.05) is 0 Å². The van der Waals surface area contributed by atoms with Gasteiger partial charge in [-0.05, 0) is 73.9 Å². The number of nitrogens with one attached hydrogen (secondary N) is 2. The maximum Gasteiger partial charge on any atom is 0.257 e. The van der Waals surface area contributed by atoms with Crippen molar-refractivity contribution < 1.29 is 23.2 Å². The van der Waals surface area contributed by atoms with Crippen LogP contribution in [0.2, 0.25) is 5.02 Å². The molecule has 1 fully saturated rings. The maximum absolute atomic E-state index is 13.9. The molecule has 0 atom stereocenters. The zero-order chi connectivity index (χ0) is 29.4. The van der Waals surface area contributed by atoms with Crippen molar-refractivity contribution in [3.63, 3.8) is 0 Å². The van der Waals surface area contributed by atoms with Crippen molar-refractivity contribution in [2.75, 3.05) is 6.54 Å². The van der Waals surface area contributed by atoms with Gasteiger partial charge in [-0.25, -0.2) is 8.78 Å². The van der Waals surface area contributed by atoms with Crippen LogP contribution in [-0.4, -0.2) is 46.2 Å². The summed E-state index contributed by atoms with van der Waals surface area (Å²) in [5.74, 6) is -3.34. The van der Waals surface area contributed by atoms with Gasteiger partial charge < -0.3 is 15.6 Å². The summed E-state index contributed by atoms with van der Waals surface area (Å²) in [7, 11) is 0. The average Bonchev–Trinajstić information content (AvgIpc) is 2.88. The minimum absolute atomic E-state index is 0.00824. The first-order chi connectivity index (χ1) is 19.0. The van der Waals surface area contributed by atoms with Crippen LogP contribution in [-0.2, 0) is 16.1 Å². The molecule has 1 aromatic carbocycles. The van der Waals surface area contributed by atoms with Crippen LogP contribution in [0.25, 0.3) is 10.4 Å². The number of nitrogens with zero attached hydrogens (tertiary/aromatic N) is 5. The Balaban J connectivity index is 1.93. The summed E-state index contributed by atoms with van der Waals surface area (Å²) in [5.41, 5.74) is 9.02. The first kappa shape index (κ1) is 30.4. The number of ketones is 2. The highest BCUT2D eigenvalue weighted by Crippen LogP contribution is 2.27. The molecule has 1 aliphatic carbocycles. The third-order valence-corrected chi connectivity index (χ3v) is 7.03. The highest BCUT2D eigenvalue weighted by atomic mass is 35.5. The molecule has 10 nitrogen and oxygen atoms in total. The van der Waals surface area contributed by atoms with Gasteiger partial charge in [0.25, 0.3) is 5.91 Å². The van der Waals surface area contributed by atoms with E-state index in [1.54, 1.807) is 13.8 Å². The van der Waals surface area contributed by atoms with Gasteiger partial charge >= 0.3 is 0 Å². The lowest BCUT2D eigenvalue weighted by Crippen LogP contribution is -2.39. The van der Waals surface area contributed by atoms with Gasteiger partial charge in [0.1, 0.15) is 23.2 Å². The summed E-state index contributed by atoms with van der Waals surface area (Å²) in [4.78, 5) is 46.2. The first-order valence-corrected chi connectivity index (χ1v) is 12.9. The number of carbonyl (C=O) groups is 3. The SMILES string of the molecule is C/C(N[C@H]1CC[C@H](C(C)=O)CC1)=C(/C=N)C(=O)N(CC(=O)c1c(Cl)ccnc1N=[N+]=[N-])Cc1cc(F)cc(F)c1. The zero-order valence-corrected chi connectivity index (χ0v) is 22.7. The van der Waals surface area contributed by atoms with E-state index in [0.717, 1.165) is 23.2 Å². The molecule has 0 spiro atoms. The third-order valence-electron chi connectivity index (χ3n) is 6.72. The number of aromatic nitrogens is 1. The van der Waals surface area contributed by atoms with Crippen LogP contribution in [0.4, 0.5) is 14.6 Å². The Hall–Kier alpha value is -4.15. The second-order valence-corrected chi connectivity index (χ2v) is 9.94. The second kappa shape index (κ2) is 13.8. The number of amides is 1. The van der Waals surface area contributed by atoms with Gasteiger partial charge in [0.15, 0.2) is 5.78 Å². The number of allylic oxidation sites excluding steroid dienone is 1. The molecule has 13 heteroatoms. The molecule has 2 N–H and O–H groups in total. The number of halogens is 3. The largest absolute Gasteiger partial charge is 0.385 e. The Morgan fingerprint density at radius 3 is 2.42 bits per heavy atom. The quantitative estimate of drug-likeness (QED) is 0.0868. The number of hydrogen-bond donors (Lipinski definition) is 2. The van der Waals surface area contributed by atoms with Crippen molar-refractivity contribution in [2.45, 2.75) is 52.1 Å². The summed E-state index contributed by atoms with van der Waals surface area (Å²) >= 11 is 6.18.